The van der Waals surface area contributed by atoms with Crippen LogP contribution in [0.1, 0.15) is 30.7 Å². The number of ether oxygens (including phenoxy) is 1. The van der Waals surface area contributed by atoms with Crippen LogP contribution in [-0.4, -0.2) is 85.4 Å². The number of rotatable bonds is 8. The van der Waals surface area contributed by atoms with Crippen molar-refractivity contribution in [3.05, 3.63) is 35.9 Å². The maximum absolute atomic E-state index is 13.1. The van der Waals surface area contributed by atoms with E-state index in [2.05, 4.69) is 39.4 Å². The van der Waals surface area contributed by atoms with Crippen LogP contribution in [-0.2, 0) is 9.53 Å². The number of aliphatic hydroxyl groups excluding tert-OH is 1. The molecular weight excluding hydrogens is 354 g/mol. The molecule has 3 fully saturated rings. The van der Waals surface area contributed by atoms with Crippen LogP contribution in [0.5, 0.6) is 0 Å². The van der Waals surface area contributed by atoms with Gasteiger partial charge in [0.1, 0.15) is 0 Å². The van der Waals surface area contributed by atoms with E-state index in [1.165, 1.54) is 24.8 Å². The van der Waals surface area contributed by atoms with Crippen LogP contribution in [0.15, 0.2) is 30.3 Å². The minimum Gasteiger partial charge on any atom is -0.395 e. The van der Waals surface area contributed by atoms with Crippen LogP contribution >= 0.6 is 0 Å². The van der Waals surface area contributed by atoms with Gasteiger partial charge in [0.05, 0.1) is 26.4 Å². The second-order valence-corrected chi connectivity index (χ2v) is 8.48. The third kappa shape index (κ3) is 4.57. The van der Waals surface area contributed by atoms with Gasteiger partial charge in [-0.15, -0.1) is 0 Å². The Morgan fingerprint density at radius 1 is 1.14 bits per heavy atom. The zero-order valence-corrected chi connectivity index (χ0v) is 16.6. The van der Waals surface area contributed by atoms with Gasteiger partial charge >= 0.3 is 0 Å². The Kier molecular flexibility index (Phi) is 6.62. The number of amides is 1. The van der Waals surface area contributed by atoms with Crippen LogP contribution in [0.4, 0.5) is 0 Å². The number of nitrogens with one attached hydrogen (secondary N) is 1. The Morgan fingerprint density at radius 3 is 2.54 bits per heavy atom. The third-order valence-corrected chi connectivity index (χ3v) is 6.61. The lowest BCUT2D eigenvalue weighted by molar-refractivity contribution is -0.135. The molecular formula is C22H33N3O3. The number of carbonyl (C=O) groups excluding carboxylic acids is 1. The number of hydrogen-bond donors (Lipinski definition) is 2. The van der Waals surface area contributed by atoms with Crippen molar-refractivity contribution < 1.29 is 14.6 Å². The van der Waals surface area contributed by atoms with Crippen molar-refractivity contribution in [2.45, 2.75) is 37.3 Å². The molecule has 1 aliphatic carbocycles. The van der Waals surface area contributed by atoms with E-state index in [1.54, 1.807) is 0 Å². The average molecular weight is 388 g/mol. The van der Waals surface area contributed by atoms with Crippen LogP contribution in [0, 0.1) is 5.92 Å². The fourth-order valence-electron chi connectivity index (χ4n) is 4.67. The van der Waals surface area contributed by atoms with Crippen molar-refractivity contribution in [2.75, 3.05) is 52.5 Å². The molecule has 1 amide bonds. The quantitative estimate of drug-likeness (QED) is 0.698. The predicted molar refractivity (Wildman–Crippen MR) is 108 cm³/mol. The van der Waals surface area contributed by atoms with E-state index in [0.29, 0.717) is 25.7 Å². The highest BCUT2D eigenvalue weighted by Crippen LogP contribution is 2.33. The average Bonchev–Trinajstić information content (AvgIpc) is 2.67. The van der Waals surface area contributed by atoms with Crippen molar-refractivity contribution in [1.29, 1.82) is 0 Å². The van der Waals surface area contributed by atoms with Gasteiger partial charge in [0, 0.05) is 44.2 Å². The summed E-state index contributed by atoms with van der Waals surface area (Å²) in [5.41, 5.74) is 1.24. The first-order chi connectivity index (χ1) is 13.7. The summed E-state index contributed by atoms with van der Waals surface area (Å²) in [5, 5.41) is 13.2. The van der Waals surface area contributed by atoms with E-state index >= 15 is 0 Å². The fourth-order valence-corrected chi connectivity index (χ4v) is 4.67. The third-order valence-electron chi connectivity index (χ3n) is 6.61. The summed E-state index contributed by atoms with van der Waals surface area (Å²) >= 11 is 0. The van der Waals surface area contributed by atoms with Gasteiger partial charge in [-0.2, -0.15) is 0 Å². The second kappa shape index (κ2) is 9.35. The molecule has 0 spiro atoms. The van der Waals surface area contributed by atoms with Crippen LogP contribution in [0.25, 0.3) is 0 Å². The number of aliphatic hydroxyl groups is 1. The van der Waals surface area contributed by atoms with Gasteiger partial charge in [-0.05, 0) is 24.3 Å². The molecule has 2 saturated heterocycles. The maximum atomic E-state index is 13.1. The minimum atomic E-state index is 0.0762. The lowest BCUT2D eigenvalue weighted by Crippen LogP contribution is -2.65. The first-order valence-electron chi connectivity index (χ1n) is 10.7. The van der Waals surface area contributed by atoms with Crippen molar-refractivity contribution >= 4 is 5.91 Å². The molecule has 3 aliphatic rings. The lowest BCUT2D eigenvalue weighted by atomic mass is 9.77. The van der Waals surface area contributed by atoms with Crippen LogP contribution in [0.3, 0.4) is 0 Å². The summed E-state index contributed by atoms with van der Waals surface area (Å²) in [7, 11) is 0. The van der Waals surface area contributed by atoms with Crippen LogP contribution in [0.2, 0.25) is 0 Å². The van der Waals surface area contributed by atoms with E-state index in [-0.39, 0.29) is 30.5 Å². The summed E-state index contributed by atoms with van der Waals surface area (Å²) < 4.78 is 5.41. The van der Waals surface area contributed by atoms with Gasteiger partial charge in [0.25, 0.3) is 0 Å². The van der Waals surface area contributed by atoms with Gasteiger partial charge in [-0.3, -0.25) is 9.69 Å². The van der Waals surface area contributed by atoms with E-state index in [4.69, 9.17) is 4.74 Å². The number of morpholine rings is 1. The molecule has 0 bridgehead atoms. The Hall–Kier alpha value is -1.47. The molecule has 6 heteroatoms. The first kappa shape index (κ1) is 19.8. The molecule has 0 radical (unpaired) electrons. The van der Waals surface area contributed by atoms with E-state index in [9.17, 15) is 9.90 Å². The summed E-state index contributed by atoms with van der Waals surface area (Å²) in [6, 6.07) is 10.7. The SMILES string of the molecule is O=C(CN1CCOCC1)N(CC1CCC1)C[C@H]1N[C@H](CO)[C@@H]1c1ccccc1. The van der Waals surface area contributed by atoms with Crippen molar-refractivity contribution in [1.82, 2.24) is 15.1 Å². The van der Waals surface area contributed by atoms with Gasteiger partial charge < -0.3 is 20.1 Å². The molecule has 2 aliphatic heterocycles. The number of hydrogen-bond acceptors (Lipinski definition) is 5. The monoisotopic (exact) mass is 387 g/mol. The number of benzene rings is 1. The Labute approximate surface area is 167 Å². The van der Waals surface area contributed by atoms with Gasteiger partial charge in [0.2, 0.25) is 5.91 Å². The summed E-state index contributed by atoms with van der Waals surface area (Å²) in [4.78, 5) is 17.4. The fraction of sp³-hybridized carbons (Fsp3) is 0.682. The molecule has 0 unspecified atom stereocenters. The first-order valence-corrected chi connectivity index (χ1v) is 10.7. The highest BCUT2D eigenvalue weighted by Gasteiger charge is 2.42. The number of carbonyl (C=O) groups is 1. The Morgan fingerprint density at radius 2 is 1.89 bits per heavy atom. The molecule has 2 heterocycles. The zero-order chi connectivity index (χ0) is 19.3. The number of nitrogens with zero attached hydrogens (tertiary/aromatic N) is 2. The zero-order valence-electron chi connectivity index (χ0n) is 16.6. The molecule has 3 atom stereocenters. The molecule has 1 aromatic carbocycles. The van der Waals surface area contributed by atoms with Crippen molar-refractivity contribution in [2.24, 2.45) is 5.92 Å². The molecule has 1 saturated carbocycles. The van der Waals surface area contributed by atoms with Gasteiger partial charge in [-0.1, -0.05) is 36.8 Å². The van der Waals surface area contributed by atoms with Crippen LogP contribution < -0.4 is 5.32 Å². The summed E-state index contributed by atoms with van der Waals surface area (Å²) in [6.45, 7) is 5.31. The van der Waals surface area contributed by atoms with E-state index in [1.807, 2.05) is 6.07 Å². The molecule has 6 nitrogen and oxygen atoms in total. The maximum Gasteiger partial charge on any atom is 0.236 e. The Bertz CT molecular complexity index is 631. The van der Waals surface area contributed by atoms with Gasteiger partial charge in [-0.25, -0.2) is 0 Å². The highest BCUT2D eigenvalue weighted by molar-refractivity contribution is 5.78. The smallest absolute Gasteiger partial charge is 0.236 e. The van der Waals surface area contributed by atoms with Crippen molar-refractivity contribution in [3.63, 3.8) is 0 Å². The highest BCUT2D eigenvalue weighted by atomic mass is 16.5. The summed E-state index contributed by atoms with van der Waals surface area (Å²) in [5.74, 6) is 1.14. The summed E-state index contributed by atoms with van der Waals surface area (Å²) in [6.07, 6.45) is 3.76. The minimum absolute atomic E-state index is 0.0762. The molecule has 4 rings (SSSR count). The standard InChI is InChI=1S/C22H33N3O3/c26-16-20-22(18-7-2-1-3-8-18)19(23-20)14-25(13-17-5-4-6-17)21(27)15-24-9-11-28-12-10-24/h1-3,7-8,17,19-20,22-23,26H,4-6,9-16H2/t19-,20-,22-/m1/s1. The topological polar surface area (TPSA) is 65.0 Å². The lowest BCUT2D eigenvalue weighted by Gasteiger charge is -2.48. The predicted octanol–water partition coefficient (Wildman–Crippen LogP) is 1.06. The molecule has 1 aromatic rings. The normalized spacial score (nSPS) is 28.4. The molecule has 28 heavy (non-hydrogen) atoms. The van der Waals surface area contributed by atoms with Gasteiger partial charge in [0.15, 0.2) is 0 Å². The molecule has 154 valence electrons. The molecule has 2 N–H and O–H groups in total. The van der Waals surface area contributed by atoms with Crippen molar-refractivity contribution in [3.8, 4) is 0 Å². The van der Waals surface area contributed by atoms with E-state index < -0.39 is 0 Å². The van der Waals surface area contributed by atoms with E-state index in [0.717, 1.165) is 26.2 Å². The Balaban J connectivity index is 1.41. The molecule has 0 aromatic heterocycles. The largest absolute Gasteiger partial charge is 0.395 e. The second-order valence-electron chi connectivity index (χ2n) is 8.48.